The summed E-state index contributed by atoms with van der Waals surface area (Å²) in [6.45, 7) is 0.380. The van der Waals surface area contributed by atoms with E-state index < -0.39 is 6.03 Å². The lowest BCUT2D eigenvalue weighted by molar-refractivity contribution is 0.262. The summed E-state index contributed by atoms with van der Waals surface area (Å²) in [4.78, 5) is 12.2. The normalized spacial score (nSPS) is 10.5. The van der Waals surface area contributed by atoms with Crippen LogP contribution in [-0.4, -0.2) is 22.9 Å². The summed E-state index contributed by atoms with van der Waals surface area (Å²) in [6, 6.07) is 10.3. The molecule has 2 N–H and O–H groups in total. The van der Waals surface area contributed by atoms with Crippen molar-refractivity contribution < 1.29 is 13.9 Å². The van der Waals surface area contributed by atoms with Gasteiger partial charge in [-0.2, -0.15) is 5.10 Å². The molecule has 0 bridgehead atoms. The van der Waals surface area contributed by atoms with E-state index in [1.807, 2.05) is 0 Å². The molecule has 27 heavy (non-hydrogen) atoms. The molecule has 0 unspecified atom stereocenters. The molecule has 0 saturated heterocycles. The molecule has 0 aliphatic rings. The summed E-state index contributed by atoms with van der Waals surface area (Å²) in [5.74, 6) is 0.340. The van der Waals surface area contributed by atoms with Gasteiger partial charge in [-0.3, -0.25) is 10.00 Å². The number of anilines is 2. The van der Waals surface area contributed by atoms with Crippen molar-refractivity contribution in [3.05, 3.63) is 70.1 Å². The van der Waals surface area contributed by atoms with Crippen LogP contribution in [0.4, 0.5) is 20.7 Å². The van der Waals surface area contributed by atoms with Gasteiger partial charge in [-0.05, 0) is 35.9 Å². The number of carbonyl (C=O) groups excluding carboxylic acids is 1. The number of carbonyl (C=O) groups is 1. The topological polar surface area (TPSA) is 68.2 Å². The first-order valence-corrected chi connectivity index (χ1v) is 8.59. The number of methoxy groups -OCH3 is 1. The molecule has 6 nitrogen and oxygen atoms in total. The number of ether oxygens (including phenoxy) is 1. The molecular formula is C18H15Cl2FN4O2. The molecule has 0 radical (unpaired) electrons. The zero-order valence-corrected chi connectivity index (χ0v) is 15.7. The van der Waals surface area contributed by atoms with E-state index in [1.54, 1.807) is 41.2 Å². The number of nitrogens with zero attached hydrogens (tertiary/aromatic N) is 2. The zero-order chi connectivity index (χ0) is 19.4. The number of aromatic nitrogens is 2. The van der Waals surface area contributed by atoms with Crippen LogP contribution in [0.2, 0.25) is 10.0 Å². The van der Waals surface area contributed by atoms with Gasteiger partial charge >= 0.3 is 6.03 Å². The molecule has 0 fully saturated rings. The Labute approximate surface area is 164 Å². The minimum atomic E-state index is -0.551. The average molecular weight is 409 g/mol. The highest BCUT2D eigenvalue weighted by molar-refractivity contribution is 6.33. The second kappa shape index (κ2) is 8.28. The first kappa shape index (κ1) is 19.0. The van der Waals surface area contributed by atoms with Crippen LogP contribution in [0.3, 0.4) is 0 Å². The molecule has 9 heteroatoms. The number of benzene rings is 2. The van der Waals surface area contributed by atoms with Gasteiger partial charge in [0.2, 0.25) is 0 Å². The summed E-state index contributed by atoms with van der Waals surface area (Å²) in [6.07, 6.45) is 1.57. The number of halogens is 3. The highest BCUT2D eigenvalue weighted by Crippen LogP contribution is 2.28. The third-order valence-corrected chi connectivity index (χ3v) is 4.13. The van der Waals surface area contributed by atoms with Gasteiger partial charge in [0.1, 0.15) is 16.6 Å². The van der Waals surface area contributed by atoms with Crippen LogP contribution in [0.5, 0.6) is 5.75 Å². The number of hydrogen-bond acceptors (Lipinski definition) is 3. The van der Waals surface area contributed by atoms with Crippen LogP contribution in [0.1, 0.15) is 5.56 Å². The molecule has 1 aromatic heterocycles. The fraction of sp³-hybridized carbons (Fsp3) is 0.111. The number of nitrogens with one attached hydrogen (secondary N) is 2. The van der Waals surface area contributed by atoms with Gasteiger partial charge in [0.25, 0.3) is 0 Å². The maximum atomic E-state index is 13.0. The molecule has 2 aromatic carbocycles. The molecule has 0 aliphatic heterocycles. The second-order valence-electron chi connectivity index (χ2n) is 5.57. The standard InChI is InChI=1S/C18H15Cl2FN4O2/c1-27-16-7-4-12(19)8-15(16)22-18(26)23-17-14(20)10-25(24-17)9-11-2-5-13(21)6-3-11/h2-8,10H,9H2,1H3,(H2,22,23,24,26). The molecule has 3 rings (SSSR count). The van der Waals surface area contributed by atoms with Crippen molar-refractivity contribution in [2.24, 2.45) is 0 Å². The molecule has 0 saturated carbocycles. The van der Waals surface area contributed by atoms with Crippen LogP contribution in [0, 0.1) is 5.82 Å². The Kier molecular flexibility index (Phi) is 5.83. The molecule has 3 aromatic rings. The number of rotatable bonds is 5. The van der Waals surface area contributed by atoms with Gasteiger partial charge in [-0.1, -0.05) is 35.3 Å². The third kappa shape index (κ3) is 4.90. The Morgan fingerprint density at radius 1 is 1.19 bits per heavy atom. The SMILES string of the molecule is COc1ccc(Cl)cc1NC(=O)Nc1nn(Cc2ccc(F)cc2)cc1Cl. The second-order valence-corrected chi connectivity index (χ2v) is 6.42. The Morgan fingerprint density at radius 2 is 1.93 bits per heavy atom. The van der Waals surface area contributed by atoms with Gasteiger partial charge in [-0.25, -0.2) is 9.18 Å². The van der Waals surface area contributed by atoms with E-state index in [2.05, 4.69) is 15.7 Å². The van der Waals surface area contributed by atoms with Gasteiger partial charge in [0, 0.05) is 11.2 Å². The van der Waals surface area contributed by atoms with Crippen molar-refractivity contribution >= 4 is 40.7 Å². The highest BCUT2D eigenvalue weighted by Gasteiger charge is 2.13. The van der Waals surface area contributed by atoms with E-state index in [9.17, 15) is 9.18 Å². The fourth-order valence-corrected chi connectivity index (χ4v) is 2.75. The van der Waals surface area contributed by atoms with E-state index in [-0.39, 0.29) is 16.7 Å². The number of urea groups is 1. The first-order valence-electron chi connectivity index (χ1n) is 7.83. The van der Waals surface area contributed by atoms with Crippen LogP contribution in [-0.2, 0) is 6.54 Å². The Bertz CT molecular complexity index is 960. The van der Waals surface area contributed by atoms with Crippen LogP contribution >= 0.6 is 23.2 Å². The smallest absolute Gasteiger partial charge is 0.325 e. The van der Waals surface area contributed by atoms with Crippen LogP contribution in [0.25, 0.3) is 0 Å². The van der Waals surface area contributed by atoms with Crippen molar-refractivity contribution in [2.45, 2.75) is 6.54 Å². The molecule has 2 amide bonds. The van der Waals surface area contributed by atoms with Crippen molar-refractivity contribution in [1.29, 1.82) is 0 Å². The van der Waals surface area contributed by atoms with Crippen molar-refractivity contribution in [1.82, 2.24) is 9.78 Å². The predicted molar refractivity (Wildman–Crippen MR) is 103 cm³/mol. The minimum absolute atomic E-state index is 0.192. The van der Waals surface area contributed by atoms with Gasteiger partial charge < -0.3 is 10.1 Å². The van der Waals surface area contributed by atoms with Crippen molar-refractivity contribution in [3.63, 3.8) is 0 Å². The van der Waals surface area contributed by atoms with E-state index in [0.29, 0.717) is 23.0 Å². The lowest BCUT2D eigenvalue weighted by atomic mass is 10.2. The maximum Gasteiger partial charge on any atom is 0.325 e. The molecule has 0 atom stereocenters. The summed E-state index contributed by atoms with van der Waals surface area (Å²) in [5.41, 5.74) is 1.25. The van der Waals surface area contributed by atoms with Crippen molar-refractivity contribution in [2.75, 3.05) is 17.7 Å². The van der Waals surface area contributed by atoms with Gasteiger partial charge in [-0.15, -0.1) is 0 Å². The zero-order valence-electron chi connectivity index (χ0n) is 14.2. The lowest BCUT2D eigenvalue weighted by Crippen LogP contribution is -2.20. The Balaban J connectivity index is 1.69. The summed E-state index contributed by atoms with van der Waals surface area (Å²) in [5, 5.41) is 10.2. The molecule has 0 spiro atoms. The molecule has 1 heterocycles. The predicted octanol–water partition coefficient (Wildman–Crippen LogP) is 5.03. The average Bonchev–Trinajstić information content (AvgIpc) is 2.96. The summed E-state index contributed by atoms with van der Waals surface area (Å²) in [7, 11) is 1.49. The van der Waals surface area contributed by atoms with E-state index >= 15 is 0 Å². The van der Waals surface area contributed by atoms with Gasteiger partial charge in [0.05, 0.1) is 19.3 Å². The monoisotopic (exact) mass is 408 g/mol. The minimum Gasteiger partial charge on any atom is -0.495 e. The lowest BCUT2D eigenvalue weighted by Gasteiger charge is -2.10. The largest absolute Gasteiger partial charge is 0.495 e. The van der Waals surface area contributed by atoms with E-state index in [4.69, 9.17) is 27.9 Å². The Hall–Kier alpha value is -2.77. The van der Waals surface area contributed by atoms with E-state index in [0.717, 1.165) is 5.56 Å². The summed E-state index contributed by atoms with van der Waals surface area (Å²) >= 11 is 12.1. The number of hydrogen-bond donors (Lipinski definition) is 2. The number of amides is 2. The highest BCUT2D eigenvalue weighted by atomic mass is 35.5. The molecule has 140 valence electrons. The first-order chi connectivity index (χ1) is 12.9. The van der Waals surface area contributed by atoms with E-state index in [1.165, 1.54) is 19.2 Å². The Morgan fingerprint density at radius 3 is 2.63 bits per heavy atom. The quantitative estimate of drug-likeness (QED) is 0.621. The summed E-state index contributed by atoms with van der Waals surface area (Å²) < 4.78 is 19.7. The third-order valence-electron chi connectivity index (χ3n) is 3.62. The van der Waals surface area contributed by atoms with Gasteiger partial charge in [0.15, 0.2) is 5.82 Å². The fourth-order valence-electron chi connectivity index (χ4n) is 2.38. The van der Waals surface area contributed by atoms with Crippen molar-refractivity contribution in [3.8, 4) is 5.75 Å². The maximum absolute atomic E-state index is 13.0. The molecule has 0 aliphatic carbocycles. The molecular weight excluding hydrogens is 394 g/mol. The van der Waals surface area contributed by atoms with Crippen LogP contribution in [0.15, 0.2) is 48.7 Å². The van der Waals surface area contributed by atoms with Crippen LogP contribution < -0.4 is 15.4 Å².